The third kappa shape index (κ3) is 2.97. The Kier molecular flexibility index (Phi) is 3.31. The van der Waals surface area contributed by atoms with Crippen molar-refractivity contribution in [3.63, 3.8) is 0 Å². The molecule has 4 heteroatoms. The fourth-order valence-electron chi connectivity index (χ4n) is 1.66. The summed E-state index contributed by atoms with van der Waals surface area (Å²) in [7, 11) is 1.62. The standard InChI is InChI=1S/C12H21NO3/c1-11(2,3)16-10(15)13(5)9(8-14)12(4)6-7-12/h8-9H,6-7H2,1-5H3. The van der Waals surface area contributed by atoms with E-state index in [4.69, 9.17) is 4.74 Å². The molecule has 0 radical (unpaired) electrons. The molecule has 1 aliphatic carbocycles. The predicted octanol–water partition coefficient (Wildman–Crippen LogP) is 2.22. The minimum atomic E-state index is -0.525. The highest BCUT2D eigenvalue weighted by atomic mass is 16.6. The summed E-state index contributed by atoms with van der Waals surface area (Å²) in [6.45, 7) is 7.46. The van der Waals surface area contributed by atoms with Gasteiger partial charge in [0.2, 0.25) is 0 Å². The number of carbonyl (C=O) groups is 2. The molecule has 1 fully saturated rings. The molecule has 0 aromatic carbocycles. The molecule has 1 saturated carbocycles. The summed E-state index contributed by atoms with van der Waals surface area (Å²) in [6.07, 6.45) is 2.39. The van der Waals surface area contributed by atoms with E-state index in [-0.39, 0.29) is 11.5 Å². The van der Waals surface area contributed by atoms with E-state index in [2.05, 4.69) is 0 Å². The van der Waals surface area contributed by atoms with Gasteiger partial charge in [0, 0.05) is 7.05 Å². The molecule has 0 heterocycles. The maximum Gasteiger partial charge on any atom is 0.410 e. The van der Waals surface area contributed by atoms with Crippen molar-refractivity contribution in [2.24, 2.45) is 5.41 Å². The van der Waals surface area contributed by atoms with Crippen molar-refractivity contribution >= 4 is 12.4 Å². The van der Waals surface area contributed by atoms with E-state index in [0.29, 0.717) is 0 Å². The van der Waals surface area contributed by atoms with Gasteiger partial charge in [-0.05, 0) is 39.0 Å². The molecule has 1 amide bonds. The van der Waals surface area contributed by atoms with Crippen LogP contribution >= 0.6 is 0 Å². The maximum atomic E-state index is 11.8. The van der Waals surface area contributed by atoms with Crippen molar-refractivity contribution in [1.29, 1.82) is 0 Å². The molecule has 1 unspecified atom stereocenters. The number of amides is 1. The average molecular weight is 227 g/mol. The highest BCUT2D eigenvalue weighted by Crippen LogP contribution is 2.49. The van der Waals surface area contributed by atoms with Crippen LogP contribution in [0.3, 0.4) is 0 Å². The summed E-state index contributed by atoms with van der Waals surface area (Å²) < 4.78 is 5.23. The van der Waals surface area contributed by atoms with Crippen LogP contribution in [-0.2, 0) is 9.53 Å². The molecule has 4 nitrogen and oxygen atoms in total. The number of likely N-dealkylation sites (N-methyl/N-ethyl adjacent to an activating group) is 1. The van der Waals surface area contributed by atoms with Crippen LogP contribution in [0.5, 0.6) is 0 Å². The second-order valence-corrected chi connectivity index (χ2v) is 5.83. The van der Waals surface area contributed by atoms with Gasteiger partial charge in [0.1, 0.15) is 11.9 Å². The number of carbonyl (C=O) groups excluding carboxylic acids is 2. The van der Waals surface area contributed by atoms with Crippen LogP contribution in [0.1, 0.15) is 40.5 Å². The van der Waals surface area contributed by atoms with Crippen LogP contribution < -0.4 is 0 Å². The topological polar surface area (TPSA) is 46.6 Å². The minimum absolute atomic E-state index is 0.0482. The van der Waals surface area contributed by atoms with Gasteiger partial charge in [-0.2, -0.15) is 0 Å². The Morgan fingerprint density at radius 1 is 1.44 bits per heavy atom. The van der Waals surface area contributed by atoms with E-state index < -0.39 is 11.7 Å². The lowest BCUT2D eigenvalue weighted by Crippen LogP contribution is -2.45. The number of hydrogen-bond donors (Lipinski definition) is 0. The quantitative estimate of drug-likeness (QED) is 0.694. The highest BCUT2D eigenvalue weighted by Gasteiger charge is 2.48. The normalized spacial score (nSPS) is 19.8. The Bertz CT molecular complexity index is 289. The molecule has 0 aliphatic heterocycles. The van der Waals surface area contributed by atoms with E-state index in [1.54, 1.807) is 7.05 Å². The number of hydrogen-bond acceptors (Lipinski definition) is 3. The lowest BCUT2D eigenvalue weighted by atomic mass is 9.99. The molecule has 1 aliphatic rings. The fourth-order valence-corrected chi connectivity index (χ4v) is 1.66. The molecular weight excluding hydrogens is 206 g/mol. The highest BCUT2D eigenvalue weighted by molar-refractivity contribution is 5.74. The molecular formula is C12H21NO3. The Balaban J connectivity index is 2.65. The van der Waals surface area contributed by atoms with Gasteiger partial charge in [-0.1, -0.05) is 6.92 Å². The SMILES string of the molecule is CN(C(=O)OC(C)(C)C)C(C=O)C1(C)CC1. The minimum Gasteiger partial charge on any atom is -0.444 e. The summed E-state index contributed by atoms with van der Waals surface area (Å²) >= 11 is 0. The Hall–Kier alpha value is -1.06. The third-order valence-electron chi connectivity index (χ3n) is 2.98. The Morgan fingerprint density at radius 2 is 1.94 bits per heavy atom. The first-order chi connectivity index (χ1) is 7.19. The zero-order valence-corrected chi connectivity index (χ0v) is 10.7. The molecule has 1 rings (SSSR count). The van der Waals surface area contributed by atoms with Crippen LogP contribution in [0, 0.1) is 5.41 Å². The zero-order valence-electron chi connectivity index (χ0n) is 10.7. The molecule has 92 valence electrons. The van der Waals surface area contributed by atoms with Crippen molar-refractivity contribution in [2.45, 2.75) is 52.2 Å². The van der Waals surface area contributed by atoms with E-state index in [9.17, 15) is 9.59 Å². The first-order valence-corrected chi connectivity index (χ1v) is 5.61. The number of ether oxygens (including phenoxy) is 1. The summed E-state index contributed by atoms with van der Waals surface area (Å²) in [4.78, 5) is 24.2. The second-order valence-electron chi connectivity index (χ2n) is 5.83. The van der Waals surface area contributed by atoms with Gasteiger partial charge in [0.05, 0.1) is 6.04 Å². The van der Waals surface area contributed by atoms with E-state index in [0.717, 1.165) is 19.1 Å². The maximum absolute atomic E-state index is 11.8. The molecule has 0 saturated heterocycles. The predicted molar refractivity (Wildman–Crippen MR) is 61.2 cm³/mol. The monoisotopic (exact) mass is 227 g/mol. The Labute approximate surface area is 96.9 Å². The fraction of sp³-hybridized carbons (Fsp3) is 0.833. The van der Waals surface area contributed by atoms with Crippen LogP contribution in [0.15, 0.2) is 0 Å². The van der Waals surface area contributed by atoms with Gasteiger partial charge in [-0.15, -0.1) is 0 Å². The summed E-state index contributed by atoms with van der Waals surface area (Å²) in [5, 5.41) is 0. The molecule has 0 bridgehead atoms. The van der Waals surface area contributed by atoms with Gasteiger partial charge in [-0.3, -0.25) is 0 Å². The Morgan fingerprint density at radius 3 is 2.25 bits per heavy atom. The van der Waals surface area contributed by atoms with Crippen molar-refractivity contribution < 1.29 is 14.3 Å². The number of aldehydes is 1. The van der Waals surface area contributed by atoms with E-state index in [1.807, 2.05) is 27.7 Å². The molecule has 0 aromatic rings. The van der Waals surface area contributed by atoms with Gasteiger partial charge in [0.15, 0.2) is 0 Å². The average Bonchev–Trinajstić information content (AvgIpc) is 2.82. The second kappa shape index (κ2) is 4.07. The summed E-state index contributed by atoms with van der Waals surface area (Å²) in [5.74, 6) is 0. The molecule has 0 spiro atoms. The number of nitrogens with zero attached hydrogens (tertiary/aromatic N) is 1. The molecule has 16 heavy (non-hydrogen) atoms. The largest absolute Gasteiger partial charge is 0.444 e. The lowest BCUT2D eigenvalue weighted by molar-refractivity contribution is -0.114. The first kappa shape index (κ1) is 13.0. The van der Waals surface area contributed by atoms with Crippen LogP contribution in [0.25, 0.3) is 0 Å². The smallest absolute Gasteiger partial charge is 0.410 e. The van der Waals surface area contributed by atoms with Gasteiger partial charge < -0.3 is 14.4 Å². The molecule has 0 N–H and O–H groups in total. The van der Waals surface area contributed by atoms with Crippen molar-refractivity contribution in [3.05, 3.63) is 0 Å². The lowest BCUT2D eigenvalue weighted by Gasteiger charge is -2.31. The summed E-state index contributed by atoms with van der Waals surface area (Å²) in [6, 6.07) is -0.373. The van der Waals surface area contributed by atoms with Gasteiger partial charge in [-0.25, -0.2) is 4.79 Å². The van der Waals surface area contributed by atoms with E-state index in [1.165, 1.54) is 4.90 Å². The molecule has 0 aromatic heterocycles. The van der Waals surface area contributed by atoms with Gasteiger partial charge >= 0.3 is 6.09 Å². The van der Waals surface area contributed by atoms with Crippen molar-refractivity contribution in [3.8, 4) is 0 Å². The zero-order chi connectivity index (χ0) is 12.6. The van der Waals surface area contributed by atoms with E-state index >= 15 is 0 Å². The van der Waals surface area contributed by atoms with Crippen LogP contribution in [0.4, 0.5) is 4.79 Å². The van der Waals surface area contributed by atoms with Crippen LogP contribution in [0.2, 0.25) is 0 Å². The third-order valence-corrected chi connectivity index (χ3v) is 2.98. The van der Waals surface area contributed by atoms with Crippen molar-refractivity contribution in [2.75, 3.05) is 7.05 Å². The number of rotatable bonds is 3. The van der Waals surface area contributed by atoms with Gasteiger partial charge in [0.25, 0.3) is 0 Å². The van der Waals surface area contributed by atoms with Crippen LogP contribution in [-0.4, -0.2) is 36.0 Å². The molecule has 1 atom stereocenters. The van der Waals surface area contributed by atoms with Crippen molar-refractivity contribution in [1.82, 2.24) is 4.90 Å². The first-order valence-electron chi connectivity index (χ1n) is 5.61. The summed E-state index contributed by atoms with van der Waals surface area (Å²) in [5.41, 5.74) is -0.573.